The van der Waals surface area contributed by atoms with Crippen molar-refractivity contribution in [3.05, 3.63) is 29.6 Å². The van der Waals surface area contributed by atoms with E-state index in [1.54, 1.807) is 0 Å². The molecule has 0 aliphatic carbocycles. The molecule has 0 spiro atoms. The molecule has 1 unspecified atom stereocenters. The zero-order chi connectivity index (χ0) is 11.6. The summed E-state index contributed by atoms with van der Waals surface area (Å²) < 4.78 is 18.3. The van der Waals surface area contributed by atoms with Gasteiger partial charge in [-0.1, -0.05) is 0 Å². The highest BCUT2D eigenvalue weighted by Crippen LogP contribution is 2.29. The van der Waals surface area contributed by atoms with Crippen LogP contribution in [0.1, 0.15) is 25.5 Å². The normalized spacial score (nSPS) is 13.7. The van der Waals surface area contributed by atoms with E-state index >= 15 is 0 Å². The maximum atomic E-state index is 13.5. The predicted octanol–water partition coefficient (Wildman–Crippen LogP) is 1.64. The Morgan fingerprint density at radius 1 is 1.40 bits per heavy atom. The number of rotatable bonds is 3. The van der Waals surface area contributed by atoms with Crippen molar-refractivity contribution in [3.63, 3.8) is 0 Å². The number of ether oxygens (including phenoxy) is 1. The van der Waals surface area contributed by atoms with Gasteiger partial charge in [0.15, 0.2) is 0 Å². The van der Waals surface area contributed by atoms with Crippen molar-refractivity contribution in [2.45, 2.75) is 25.6 Å². The number of hydrogen-bond acceptors (Lipinski definition) is 3. The first-order chi connectivity index (χ1) is 6.86. The molecule has 3 nitrogen and oxygen atoms in total. The van der Waals surface area contributed by atoms with Crippen LogP contribution in [-0.2, 0) is 0 Å². The smallest absolute Gasteiger partial charge is 0.132 e. The summed E-state index contributed by atoms with van der Waals surface area (Å²) in [5.41, 5.74) is -1.32. The Hall–Kier alpha value is -1.13. The molecule has 4 heteroatoms. The number of halogens is 1. The van der Waals surface area contributed by atoms with Gasteiger partial charge in [0, 0.05) is 11.6 Å². The van der Waals surface area contributed by atoms with E-state index in [1.165, 1.54) is 39.2 Å². The Balaban J connectivity index is 3.06. The van der Waals surface area contributed by atoms with Gasteiger partial charge in [-0.3, -0.25) is 0 Å². The van der Waals surface area contributed by atoms with Gasteiger partial charge in [0.2, 0.25) is 0 Å². The number of methoxy groups -OCH3 is 1. The van der Waals surface area contributed by atoms with Crippen LogP contribution in [0.4, 0.5) is 4.39 Å². The van der Waals surface area contributed by atoms with Crippen LogP contribution in [0.5, 0.6) is 5.75 Å². The molecule has 1 aromatic carbocycles. The van der Waals surface area contributed by atoms with Gasteiger partial charge in [0.25, 0.3) is 0 Å². The third-order valence-electron chi connectivity index (χ3n) is 2.17. The summed E-state index contributed by atoms with van der Waals surface area (Å²) in [6, 6.07) is 4.11. The lowest BCUT2D eigenvalue weighted by Gasteiger charge is -2.25. The van der Waals surface area contributed by atoms with Gasteiger partial charge >= 0.3 is 0 Å². The molecule has 2 N–H and O–H groups in total. The summed E-state index contributed by atoms with van der Waals surface area (Å²) >= 11 is 0. The maximum Gasteiger partial charge on any atom is 0.132 e. The fourth-order valence-corrected chi connectivity index (χ4v) is 1.24. The highest BCUT2D eigenvalue weighted by atomic mass is 19.1. The van der Waals surface area contributed by atoms with Gasteiger partial charge in [-0.2, -0.15) is 0 Å². The van der Waals surface area contributed by atoms with E-state index in [9.17, 15) is 14.6 Å². The molecule has 0 bridgehead atoms. The number of aliphatic hydroxyl groups excluding tert-OH is 1. The minimum Gasteiger partial charge on any atom is -0.497 e. The Bertz CT molecular complexity index is 344. The lowest BCUT2D eigenvalue weighted by molar-refractivity contribution is -0.0512. The molecule has 1 atom stereocenters. The summed E-state index contributed by atoms with van der Waals surface area (Å²) in [6.07, 6.45) is -1.26. The lowest BCUT2D eigenvalue weighted by Crippen LogP contribution is -2.29. The summed E-state index contributed by atoms with van der Waals surface area (Å²) in [5, 5.41) is 19.2. The van der Waals surface area contributed by atoms with Crippen LogP contribution in [0.3, 0.4) is 0 Å². The molecule has 15 heavy (non-hydrogen) atoms. The van der Waals surface area contributed by atoms with Crippen molar-refractivity contribution in [3.8, 4) is 5.75 Å². The molecule has 0 amide bonds. The van der Waals surface area contributed by atoms with E-state index in [1.807, 2.05) is 0 Å². The second-order valence-corrected chi connectivity index (χ2v) is 3.94. The molecule has 84 valence electrons. The monoisotopic (exact) mass is 214 g/mol. The molecule has 1 rings (SSSR count). The molecule has 0 saturated carbocycles. The zero-order valence-electron chi connectivity index (χ0n) is 8.99. The molecular formula is C11H15FO3. The van der Waals surface area contributed by atoms with Crippen molar-refractivity contribution < 1.29 is 19.3 Å². The number of aliphatic hydroxyl groups is 2. The molecule has 0 heterocycles. The quantitative estimate of drug-likeness (QED) is 0.804. The van der Waals surface area contributed by atoms with Crippen molar-refractivity contribution >= 4 is 0 Å². The molecule has 0 saturated heterocycles. The van der Waals surface area contributed by atoms with Gasteiger partial charge < -0.3 is 14.9 Å². The van der Waals surface area contributed by atoms with E-state index in [4.69, 9.17) is 4.74 Å². The van der Waals surface area contributed by atoms with Gasteiger partial charge in [0.1, 0.15) is 17.7 Å². The molecule has 0 aliphatic rings. The Labute approximate surface area is 88.1 Å². The lowest BCUT2D eigenvalue weighted by atomic mass is 9.94. The third-order valence-corrected chi connectivity index (χ3v) is 2.17. The van der Waals surface area contributed by atoms with E-state index in [2.05, 4.69) is 0 Å². The summed E-state index contributed by atoms with van der Waals surface area (Å²) in [4.78, 5) is 0. The Morgan fingerprint density at radius 2 is 2.00 bits per heavy atom. The van der Waals surface area contributed by atoms with Crippen molar-refractivity contribution in [2.75, 3.05) is 7.11 Å². The highest BCUT2D eigenvalue weighted by Gasteiger charge is 2.28. The second kappa shape index (κ2) is 4.16. The first-order valence-corrected chi connectivity index (χ1v) is 4.60. The minimum atomic E-state index is -1.38. The number of hydrogen-bond donors (Lipinski definition) is 2. The van der Waals surface area contributed by atoms with E-state index in [-0.39, 0.29) is 5.56 Å². The maximum absolute atomic E-state index is 13.5. The first-order valence-electron chi connectivity index (χ1n) is 4.60. The Kier molecular flexibility index (Phi) is 3.31. The first kappa shape index (κ1) is 11.9. The highest BCUT2D eigenvalue weighted by molar-refractivity contribution is 5.31. The van der Waals surface area contributed by atoms with E-state index in [0.29, 0.717) is 5.75 Å². The third kappa shape index (κ3) is 2.67. The van der Waals surface area contributed by atoms with Gasteiger partial charge in [-0.15, -0.1) is 0 Å². The predicted molar refractivity (Wildman–Crippen MR) is 54.2 cm³/mol. The average molecular weight is 214 g/mol. The minimum absolute atomic E-state index is 0.0586. The molecule has 0 radical (unpaired) electrons. The topological polar surface area (TPSA) is 49.7 Å². The summed E-state index contributed by atoms with van der Waals surface area (Å²) in [6.45, 7) is 2.84. The van der Waals surface area contributed by atoms with Crippen LogP contribution >= 0.6 is 0 Å². The van der Waals surface area contributed by atoms with Gasteiger partial charge in [0.05, 0.1) is 12.7 Å². The SMILES string of the molecule is COc1ccc(C(O)C(C)(C)O)c(F)c1. The van der Waals surface area contributed by atoms with Crippen molar-refractivity contribution in [1.82, 2.24) is 0 Å². The summed E-state index contributed by atoms with van der Waals surface area (Å²) in [7, 11) is 1.43. The molecule has 0 aliphatic heterocycles. The molecule has 0 fully saturated rings. The van der Waals surface area contributed by atoms with Crippen LogP contribution < -0.4 is 4.74 Å². The number of benzene rings is 1. The average Bonchev–Trinajstić information content (AvgIpc) is 2.15. The van der Waals surface area contributed by atoms with Crippen molar-refractivity contribution in [2.24, 2.45) is 0 Å². The van der Waals surface area contributed by atoms with Crippen molar-refractivity contribution in [1.29, 1.82) is 0 Å². The largest absolute Gasteiger partial charge is 0.497 e. The van der Waals surface area contributed by atoms with Gasteiger partial charge in [-0.25, -0.2) is 4.39 Å². The second-order valence-electron chi connectivity index (χ2n) is 3.94. The van der Waals surface area contributed by atoms with Gasteiger partial charge in [-0.05, 0) is 26.0 Å². The van der Waals surface area contributed by atoms with E-state index in [0.717, 1.165) is 0 Å². The summed E-state index contributed by atoms with van der Waals surface area (Å²) in [5.74, 6) is -0.219. The van der Waals surface area contributed by atoms with Crippen LogP contribution in [-0.4, -0.2) is 22.9 Å². The standard InChI is InChI=1S/C11H15FO3/c1-11(2,14)10(13)8-5-4-7(15-3)6-9(8)12/h4-6,10,13-14H,1-3H3. The van der Waals surface area contributed by atoms with E-state index < -0.39 is 17.5 Å². The van der Waals surface area contributed by atoms with Crippen LogP contribution in [0.15, 0.2) is 18.2 Å². The van der Waals surface area contributed by atoms with Crippen LogP contribution in [0.25, 0.3) is 0 Å². The van der Waals surface area contributed by atoms with Crippen LogP contribution in [0.2, 0.25) is 0 Å². The fourth-order valence-electron chi connectivity index (χ4n) is 1.24. The molecule has 1 aromatic rings. The molecular weight excluding hydrogens is 199 g/mol. The Morgan fingerprint density at radius 3 is 2.40 bits per heavy atom. The fraction of sp³-hybridized carbons (Fsp3) is 0.455. The molecule has 0 aromatic heterocycles. The zero-order valence-corrected chi connectivity index (χ0v) is 8.99. The van der Waals surface area contributed by atoms with Crippen LogP contribution in [0, 0.1) is 5.82 Å².